The van der Waals surface area contributed by atoms with Crippen molar-refractivity contribution in [3.05, 3.63) is 126 Å². The number of nitrogens with one attached hydrogen (secondary N) is 2. The number of rotatable bonds is 9. The fourth-order valence-electron chi connectivity index (χ4n) is 3.24. The van der Waals surface area contributed by atoms with E-state index in [2.05, 4.69) is 10.0 Å². The van der Waals surface area contributed by atoms with Crippen molar-refractivity contribution in [1.82, 2.24) is 5.32 Å². The van der Waals surface area contributed by atoms with Gasteiger partial charge in [-0.15, -0.1) is 0 Å². The topological polar surface area (TPSA) is 84.5 Å². The molecule has 35 heavy (non-hydrogen) atoms. The van der Waals surface area contributed by atoms with Crippen molar-refractivity contribution in [2.45, 2.75) is 18.0 Å². The maximum atomic E-state index is 13.0. The third-order valence-electron chi connectivity index (χ3n) is 5.15. The number of amides is 1. The molecule has 0 heterocycles. The van der Waals surface area contributed by atoms with Crippen LogP contribution in [0.2, 0.25) is 0 Å². The van der Waals surface area contributed by atoms with Crippen molar-refractivity contribution in [2.24, 2.45) is 0 Å². The zero-order chi connectivity index (χ0) is 24.7. The van der Waals surface area contributed by atoms with Gasteiger partial charge >= 0.3 is 0 Å². The molecule has 4 aromatic carbocycles. The van der Waals surface area contributed by atoms with Crippen LogP contribution in [0, 0.1) is 5.82 Å². The Morgan fingerprint density at radius 3 is 2.06 bits per heavy atom. The lowest BCUT2D eigenvalue weighted by atomic mass is 10.1. The van der Waals surface area contributed by atoms with Crippen molar-refractivity contribution >= 4 is 21.6 Å². The Labute approximate surface area is 203 Å². The molecule has 178 valence electrons. The van der Waals surface area contributed by atoms with Crippen molar-refractivity contribution in [3.8, 4) is 5.75 Å². The Morgan fingerprint density at radius 1 is 0.771 bits per heavy atom. The summed E-state index contributed by atoms with van der Waals surface area (Å²) in [5.74, 6) is 0.0980. The van der Waals surface area contributed by atoms with E-state index in [4.69, 9.17) is 4.74 Å². The van der Waals surface area contributed by atoms with E-state index in [0.29, 0.717) is 30.2 Å². The van der Waals surface area contributed by atoms with Crippen LogP contribution in [0.25, 0.3) is 0 Å². The lowest BCUT2D eigenvalue weighted by molar-refractivity contribution is 0.0951. The molecular formula is C27H23FN2O4S. The molecule has 0 saturated carbocycles. The molecule has 0 saturated heterocycles. The van der Waals surface area contributed by atoms with E-state index >= 15 is 0 Å². The van der Waals surface area contributed by atoms with Crippen LogP contribution in [-0.2, 0) is 23.2 Å². The first-order valence-electron chi connectivity index (χ1n) is 10.8. The van der Waals surface area contributed by atoms with Gasteiger partial charge in [-0.25, -0.2) is 12.8 Å². The number of sulfonamides is 1. The third-order valence-corrected chi connectivity index (χ3v) is 6.55. The van der Waals surface area contributed by atoms with Crippen LogP contribution in [0.5, 0.6) is 5.75 Å². The van der Waals surface area contributed by atoms with Crippen molar-refractivity contribution in [1.29, 1.82) is 0 Å². The minimum Gasteiger partial charge on any atom is -0.489 e. The fraction of sp³-hybridized carbons (Fsp3) is 0.0741. The van der Waals surface area contributed by atoms with E-state index in [-0.39, 0.29) is 16.6 Å². The van der Waals surface area contributed by atoms with Crippen molar-refractivity contribution < 1.29 is 22.3 Å². The summed E-state index contributed by atoms with van der Waals surface area (Å²) in [6, 6.07) is 27.7. The Kier molecular flexibility index (Phi) is 7.42. The zero-order valence-corrected chi connectivity index (χ0v) is 19.5. The molecule has 0 aliphatic rings. The van der Waals surface area contributed by atoms with Gasteiger partial charge in [0.25, 0.3) is 15.9 Å². The first-order valence-corrected chi connectivity index (χ1v) is 12.3. The van der Waals surface area contributed by atoms with Crippen molar-refractivity contribution in [2.75, 3.05) is 4.72 Å². The van der Waals surface area contributed by atoms with Crippen LogP contribution in [-0.4, -0.2) is 14.3 Å². The van der Waals surface area contributed by atoms with Crippen molar-refractivity contribution in [3.63, 3.8) is 0 Å². The molecule has 1 amide bonds. The van der Waals surface area contributed by atoms with E-state index in [0.717, 1.165) is 11.1 Å². The number of hydrogen-bond donors (Lipinski definition) is 2. The monoisotopic (exact) mass is 490 g/mol. The number of benzene rings is 4. The number of carbonyl (C=O) groups excluding carboxylic acids is 1. The number of hydrogen-bond acceptors (Lipinski definition) is 4. The average Bonchev–Trinajstić information content (AvgIpc) is 2.88. The third kappa shape index (κ3) is 6.68. The van der Waals surface area contributed by atoms with Crippen LogP contribution in [0.4, 0.5) is 10.1 Å². The predicted octanol–water partition coefficient (Wildman–Crippen LogP) is 5.14. The molecule has 2 N–H and O–H groups in total. The molecule has 6 nitrogen and oxygen atoms in total. The Balaban J connectivity index is 1.27. The molecule has 0 fully saturated rings. The average molecular weight is 491 g/mol. The van der Waals surface area contributed by atoms with E-state index in [9.17, 15) is 17.6 Å². The molecule has 0 radical (unpaired) electrons. The summed E-state index contributed by atoms with van der Waals surface area (Å²) < 4.78 is 46.0. The maximum absolute atomic E-state index is 13.0. The SMILES string of the molecule is O=C(NCc1ccc(OCc2ccc(F)cc2)cc1)c1ccc(NS(=O)(=O)c2ccccc2)cc1. The van der Waals surface area contributed by atoms with Crippen LogP contribution in [0.1, 0.15) is 21.5 Å². The van der Waals surface area contributed by atoms with E-state index in [1.54, 1.807) is 66.7 Å². The highest BCUT2D eigenvalue weighted by molar-refractivity contribution is 7.92. The Bertz CT molecular complexity index is 1370. The summed E-state index contributed by atoms with van der Waals surface area (Å²) in [5.41, 5.74) is 2.52. The smallest absolute Gasteiger partial charge is 0.261 e. The molecule has 0 aliphatic carbocycles. The van der Waals surface area contributed by atoms with Crippen LogP contribution in [0.3, 0.4) is 0 Å². The molecule has 0 aromatic heterocycles. The second kappa shape index (κ2) is 10.8. The van der Waals surface area contributed by atoms with Gasteiger partial charge in [-0.2, -0.15) is 0 Å². The highest BCUT2D eigenvalue weighted by Gasteiger charge is 2.14. The number of carbonyl (C=O) groups is 1. The first-order chi connectivity index (χ1) is 16.9. The van der Waals surface area contributed by atoms with Gasteiger partial charge < -0.3 is 10.1 Å². The minimum atomic E-state index is -3.69. The number of halogens is 1. The quantitative estimate of drug-likeness (QED) is 0.340. The summed E-state index contributed by atoms with van der Waals surface area (Å²) in [4.78, 5) is 12.6. The van der Waals surface area contributed by atoms with Gasteiger partial charge in [0.05, 0.1) is 4.90 Å². The highest BCUT2D eigenvalue weighted by Crippen LogP contribution is 2.17. The highest BCUT2D eigenvalue weighted by atomic mass is 32.2. The molecule has 4 aromatic rings. The number of ether oxygens (including phenoxy) is 1. The lowest BCUT2D eigenvalue weighted by Crippen LogP contribution is -2.22. The van der Waals surface area contributed by atoms with Gasteiger partial charge in [-0.3, -0.25) is 9.52 Å². The molecule has 0 unspecified atom stereocenters. The predicted molar refractivity (Wildman–Crippen MR) is 132 cm³/mol. The largest absolute Gasteiger partial charge is 0.489 e. The van der Waals surface area contributed by atoms with E-state index in [1.807, 2.05) is 12.1 Å². The standard InChI is InChI=1S/C27H23FN2O4S/c28-23-12-6-21(7-13-23)19-34-25-16-8-20(9-17-25)18-29-27(31)22-10-14-24(15-11-22)30-35(32,33)26-4-2-1-3-5-26/h1-17,30H,18-19H2,(H,29,31). The van der Waals surface area contributed by atoms with Crippen LogP contribution in [0.15, 0.2) is 108 Å². The first kappa shape index (κ1) is 24.0. The normalized spacial score (nSPS) is 11.0. The fourth-order valence-corrected chi connectivity index (χ4v) is 4.32. The van der Waals surface area contributed by atoms with Gasteiger partial charge in [0, 0.05) is 17.8 Å². The summed E-state index contributed by atoms with van der Waals surface area (Å²) in [7, 11) is -3.69. The van der Waals surface area contributed by atoms with E-state index < -0.39 is 10.0 Å². The maximum Gasteiger partial charge on any atom is 0.261 e. The summed E-state index contributed by atoms with van der Waals surface area (Å²) >= 11 is 0. The Morgan fingerprint density at radius 2 is 1.40 bits per heavy atom. The molecule has 4 rings (SSSR count). The van der Waals surface area contributed by atoms with Gasteiger partial charge in [0.2, 0.25) is 0 Å². The summed E-state index contributed by atoms with van der Waals surface area (Å²) in [5, 5.41) is 2.84. The van der Waals surface area contributed by atoms with Gasteiger partial charge in [-0.1, -0.05) is 42.5 Å². The number of anilines is 1. The second-order valence-electron chi connectivity index (χ2n) is 7.74. The molecular weight excluding hydrogens is 467 g/mol. The molecule has 0 atom stereocenters. The Hall–Kier alpha value is -4.17. The van der Waals surface area contributed by atoms with Crippen LogP contribution >= 0.6 is 0 Å². The molecule has 0 aliphatic heterocycles. The second-order valence-corrected chi connectivity index (χ2v) is 9.42. The van der Waals surface area contributed by atoms with Gasteiger partial charge in [0.15, 0.2) is 0 Å². The minimum absolute atomic E-state index is 0.161. The van der Waals surface area contributed by atoms with E-state index in [1.165, 1.54) is 24.3 Å². The summed E-state index contributed by atoms with van der Waals surface area (Å²) in [6.07, 6.45) is 0. The summed E-state index contributed by atoms with van der Waals surface area (Å²) in [6.45, 7) is 0.646. The van der Waals surface area contributed by atoms with Gasteiger partial charge in [0.1, 0.15) is 18.2 Å². The lowest BCUT2D eigenvalue weighted by Gasteiger charge is -2.10. The zero-order valence-electron chi connectivity index (χ0n) is 18.6. The molecule has 8 heteroatoms. The molecule has 0 spiro atoms. The van der Waals surface area contributed by atoms with Crippen LogP contribution < -0.4 is 14.8 Å². The van der Waals surface area contributed by atoms with Gasteiger partial charge in [-0.05, 0) is 71.8 Å². The molecule has 0 bridgehead atoms.